The zero-order valence-electron chi connectivity index (χ0n) is 12.0. The lowest BCUT2D eigenvalue weighted by Gasteiger charge is -2.08. The number of tetrazole rings is 1. The maximum atomic E-state index is 11.7. The van der Waals surface area contributed by atoms with E-state index in [1.165, 1.54) is 17.3 Å². The summed E-state index contributed by atoms with van der Waals surface area (Å²) in [7, 11) is 0. The number of nitrogens with zero attached hydrogens (tertiary/aromatic N) is 4. The predicted octanol–water partition coefficient (Wildman–Crippen LogP) is 1.65. The van der Waals surface area contributed by atoms with Crippen LogP contribution in [0, 0.1) is 13.8 Å². The van der Waals surface area contributed by atoms with Crippen LogP contribution in [0.4, 0.5) is 0 Å². The molecule has 1 aliphatic carbocycles. The Kier molecular flexibility index (Phi) is 3.92. The summed E-state index contributed by atoms with van der Waals surface area (Å²) in [5, 5.41) is 15.4. The summed E-state index contributed by atoms with van der Waals surface area (Å²) < 4.78 is 1.68. The number of carbonyl (C=O) groups excluding carboxylic acids is 1. The lowest BCUT2D eigenvalue weighted by atomic mass is 10.1. The van der Waals surface area contributed by atoms with Crippen LogP contribution >= 0.6 is 11.8 Å². The first-order chi connectivity index (χ1) is 10.1. The molecule has 0 atom stereocenters. The van der Waals surface area contributed by atoms with E-state index in [-0.39, 0.29) is 5.91 Å². The van der Waals surface area contributed by atoms with Gasteiger partial charge in [0.05, 0.1) is 11.4 Å². The van der Waals surface area contributed by atoms with Gasteiger partial charge in [0.15, 0.2) is 0 Å². The van der Waals surface area contributed by atoms with Gasteiger partial charge in [-0.1, -0.05) is 29.5 Å². The van der Waals surface area contributed by atoms with E-state index < -0.39 is 0 Å². The molecule has 1 fully saturated rings. The van der Waals surface area contributed by atoms with Crippen LogP contribution in [0.3, 0.4) is 0 Å². The van der Waals surface area contributed by atoms with Crippen molar-refractivity contribution in [2.75, 3.05) is 5.75 Å². The molecule has 1 aromatic heterocycles. The topological polar surface area (TPSA) is 72.7 Å². The summed E-state index contributed by atoms with van der Waals surface area (Å²) in [6.07, 6.45) is 2.19. The molecule has 1 amide bonds. The number of amides is 1. The highest BCUT2D eigenvalue weighted by Crippen LogP contribution is 2.22. The van der Waals surface area contributed by atoms with E-state index in [9.17, 15) is 4.79 Å². The van der Waals surface area contributed by atoms with Gasteiger partial charge in [0.25, 0.3) is 0 Å². The summed E-state index contributed by atoms with van der Waals surface area (Å²) in [4.78, 5) is 11.7. The third-order valence-corrected chi connectivity index (χ3v) is 4.22. The van der Waals surface area contributed by atoms with Crippen LogP contribution in [0.15, 0.2) is 23.4 Å². The number of nitrogens with one attached hydrogen (secondary N) is 1. The smallest absolute Gasteiger partial charge is 0.230 e. The molecule has 0 unspecified atom stereocenters. The molecule has 2 aromatic rings. The number of rotatable bonds is 5. The van der Waals surface area contributed by atoms with Gasteiger partial charge in [-0.05, 0) is 48.7 Å². The normalized spacial score (nSPS) is 14.2. The van der Waals surface area contributed by atoms with Gasteiger partial charge in [-0.25, -0.2) is 0 Å². The molecule has 1 aromatic carbocycles. The van der Waals surface area contributed by atoms with Crippen molar-refractivity contribution in [1.82, 2.24) is 25.5 Å². The molecule has 1 aliphatic rings. The molecule has 0 saturated heterocycles. The fraction of sp³-hybridized carbons (Fsp3) is 0.429. The van der Waals surface area contributed by atoms with Gasteiger partial charge in [-0.2, -0.15) is 4.68 Å². The summed E-state index contributed by atoms with van der Waals surface area (Å²) in [5.41, 5.74) is 3.24. The van der Waals surface area contributed by atoms with E-state index in [4.69, 9.17) is 0 Å². The fourth-order valence-electron chi connectivity index (χ4n) is 2.09. The van der Waals surface area contributed by atoms with Crippen LogP contribution in [-0.4, -0.2) is 37.9 Å². The van der Waals surface area contributed by atoms with Crippen LogP contribution < -0.4 is 5.32 Å². The fourth-order valence-corrected chi connectivity index (χ4v) is 2.79. The second-order valence-corrected chi connectivity index (χ2v) is 6.24. The average molecular weight is 303 g/mol. The lowest BCUT2D eigenvalue weighted by Crippen LogP contribution is -2.27. The Morgan fingerprint density at radius 2 is 2.24 bits per heavy atom. The van der Waals surface area contributed by atoms with Gasteiger partial charge in [0.2, 0.25) is 11.1 Å². The third kappa shape index (κ3) is 3.41. The minimum Gasteiger partial charge on any atom is -0.353 e. The lowest BCUT2D eigenvalue weighted by molar-refractivity contribution is -0.118. The van der Waals surface area contributed by atoms with Crippen LogP contribution in [0.25, 0.3) is 5.69 Å². The molecular formula is C14H17N5OS. The number of benzene rings is 1. The van der Waals surface area contributed by atoms with Gasteiger partial charge in [-0.3, -0.25) is 4.79 Å². The molecular weight excluding hydrogens is 286 g/mol. The van der Waals surface area contributed by atoms with E-state index >= 15 is 0 Å². The first kappa shape index (κ1) is 14.1. The van der Waals surface area contributed by atoms with Gasteiger partial charge in [-0.15, -0.1) is 5.10 Å². The molecule has 0 spiro atoms. The Morgan fingerprint density at radius 3 is 2.95 bits per heavy atom. The molecule has 1 N–H and O–H groups in total. The van der Waals surface area contributed by atoms with Crippen molar-refractivity contribution in [2.24, 2.45) is 0 Å². The van der Waals surface area contributed by atoms with Gasteiger partial charge in [0, 0.05) is 6.04 Å². The second kappa shape index (κ2) is 5.85. The van der Waals surface area contributed by atoms with Gasteiger partial charge < -0.3 is 5.32 Å². The maximum Gasteiger partial charge on any atom is 0.230 e. The number of carbonyl (C=O) groups is 1. The Bertz CT molecular complexity index is 665. The minimum absolute atomic E-state index is 0.0395. The maximum absolute atomic E-state index is 11.7. The summed E-state index contributed by atoms with van der Waals surface area (Å²) in [6.45, 7) is 4.08. The summed E-state index contributed by atoms with van der Waals surface area (Å²) >= 11 is 1.35. The second-order valence-electron chi connectivity index (χ2n) is 5.29. The molecule has 6 nitrogen and oxygen atoms in total. The highest BCUT2D eigenvalue weighted by molar-refractivity contribution is 7.99. The van der Waals surface area contributed by atoms with Crippen molar-refractivity contribution >= 4 is 17.7 Å². The predicted molar refractivity (Wildman–Crippen MR) is 80.5 cm³/mol. The highest BCUT2D eigenvalue weighted by Gasteiger charge is 2.23. The SMILES string of the molecule is Cc1ccc(-n2nnnc2SCC(=O)NC2CC2)c(C)c1. The summed E-state index contributed by atoms with van der Waals surface area (Å²) in [6, 6.07) is 6.49. The van der Waals surface area contributed by atoms with Crippen molar-refractivity contribution in [2.45, 2.75) is 37.9 Å². The van der Waals surface area contributed by atoms with Crippen LogP contribution in [0.2, 0.25) is 0 Å². The van der Waals surface area contributed by atoms with Gasteiger partial charge in [0.1, 0.15) is 0 Å². The standard InChI is InChI=1S/C14H17N5OS/c1-9-3-6-12(10(2)7-9)19-14(16-17-18-19)21-8-13(20)15-11-4-5-11/h3,6-7,11H,4-5,8H2,1-2H3,(H,15,20). The van der Waals surface area contributed by atoms with Gasteiger partial charge >= 0.3 is 0 Å². The molecule has 0 radical (unpaired) electrons. The first-order valence-corrected chi connectivity index (χ1v) is 7.90. The van der Waals surface area contributed by atoms with Crippen molar-refractivity contribution in [3.05, 3.63) is 29.3 Å². The van der Waals surface area contributed by atoms with E-state index in [0.29, 0.717) is 17.0 Å². The zero-order valence-corrected chi connectivity index (χ0v) is 12.9. The Balaban J connectivity index is 1.72. The third-order valence-electron chi connectivity index (χ3n) is 3.30. The van der Waals surface area contributed by atoms with E-state index in [1.54, 1.807) is 4.68 Å². The number of hydrogen-bond donors (Lipinski definition) is 1. The van der Waals surface area contributed by atoms with Crippen LogP contribution in [0.5, 0.6) is 0 Å². The van der Waals surface area contributed by atoms with Crippen molar-refractivity contribution in [1.29, 1.82) is 0 Å². The monoisotopic (exact) mass is 303 g/mol. The Labute approximate surface area is 127 Å². The quantitative estimate of drug-likeness (QED) is 0.850. The molecule has 3 rings (SSSR count). The molecule has 21 heavy (non-hydrogen) atoms. The number of hydrogen-bond acceptors (Lipinski definition) is 5. The first-order valence-electron chi connectivity index (χ1n) is 6.91. The number of aryl methyl sites for hydroxylation is 2. The zero-order chi connectivity index (χ0) is 14.8. The minimum atomic E-state index is 0.0395. The molecule has 7 heteroatoms. The highest BCUT2D eigenvalue weighted by atomic mass is 32.2. The Hall–Kier alpha value is -1.89. The van der Waals surface area contributed by atoms with E-state index in [0.717, 1.165) is 24.1 Å². The van der Waals surface area contributed by atoms with Crippen molar-refractivity contribution in [3.8, 4) is 5.69 Å². The van der Waals surface area contributed by atoms with Crippen molar-refractivity contribution < 1.29 is 4.79 Å². The Morgan fingerprint density at radius 1 is 1.43 bits per heavy atom. The van der Waals surface area contributed by atoms with E-state index in [2.05, 4.69) is 26.9 Å². The summed E-state index contributed by atoms with van der Waals surface area (Å²) in [5.74, 6) is 0.375. The molecule has 0 aliphatic heterocycles. The van der Waals surface area contributed by atoms with Crippen molar-refractivity contribution in [3.63, 3.8) is 0 Å². The largest absolute Gasteiger partial charge is 0.353 e. The van der Waals surface area contributed by atoms with E-state index in [1.807, 2.05) is 26.0 Å². The molecule has 1 heterocycles. The molecule has 1 saturated carbocycles. The van der Waals surface area contributed by atoms with Crippen LogP contribution in [-0.2, 0) is 4.79 Å². The van der Waals surface area contributed by atoms with Crippen LogP contribution in [0.1, 0.15) is 24.0 Å². The number of aromatic nitrogens is 4. The number of thioether (sulfide) groups is 1. The molecule has 110 valence electrons. The average Bonchev–Trinajstić information content (AvgIpc) is 3.13. The molecule has 0 bridgehead atoms.